The van der Waals surface area contributed by atoms with Gasteiger partial charge in [0.15, 0.2) is 0 Å². The number of rotatable bonds is 8. The fourth-order valence-electron chi connectivity index (χ4n) is 4.40. The number of hydrogen-bond acceptors (Lipinski definition) is 9. The van der Waals surface area contributed by atoms with Crippen LogP contribution in [0.4, 0.5) is 0 Å². The molecule has 0 aromatic carbocycles. The van der Waals surface area contributed by atoms with Crippen LogP contribution < -0.4 is 11.1 Å². The number of carbonyl (C=O) groups is 2. The zero-order chi connectivity index (χ0) is 22.8. The van der Waals surface area contributed by atoms with E-state index in [0.29, 0.717) is 45.3 Å². The first-order chi connectivity index (χ1) is 14.5. The van der Waals surface area contributed by atoms with Crippen LogP contribution in [0.2, 0.25) is 6.32 Å². The smallest absolute Gasteiger partial charge is 0.498 e. The first-order valence-corrected chi connectivity index (χ1v) is 12.3. The topological polar surface area (TPSA) is 135 Å². The van der Waals surface area contributed by atoms with Gasteiger partial charge in [-0.15, -0.1) is 0 Å². The van der Waals surface area contributed by atoms with Crippen molar-refractivity contribution in [3.05, 3.63) is 0 Å². The molecule has 3 saturated heterocycles. The third-order valence-electron chi connectivity index (χ3n) is 6.29. The summed E-state index contributed by atoms with van der Waals surface area (Å²) in [6.07, 6.45) is 1.59. The fraction of sp³-hybridized carbons (Fsp3) is 0.889. The molecule has 3 N–H and O–H groups in total. The monoisotopic (exact) mass is 459 g/mol. The minimum atomic E-state index is -3.59. The molecular weight excluding hydrogens is 425 g/mol. The predicted octanol–water partition coefficient (Wildman–Crippen LogP) is -1.53. The first-order valence-electron chi connectivity index (χ1n) is 10.9. The van der Waals surface area contributed by atoms with Gasteiger partial charge in [0, 0.05) is 44.6 Å². The zero-order valence-electron chi connectivity index (χ0n) is 18.6. The predicted molar refractivity (Wildman–Crippen MR) is 115 cm³/mol. The number of nitrogens with one attached hydrogen (secondary N) is 1. The third-order valence-corrected chi connectivity index (χ3v) is 8.37. The summed E-state index contributed by atoms with van der Waals surface area (Å²) in [6, 6.07) is -0.0131. The first kappa shape index (κ1) is 24.4. The van der Waals surface area contributed by atoms with Crippen molar-refractivity contribution in [2.75, 3.05) is 52.9 Å². The number of hydrogen-bond donors (Lipinski definition) is 2. The summed E-state index contributed by atoms with van der Waals surface area (Å²) < 4.78 is 39.9. The van der Waals surface area contributed by atoms with Gasteiger partial charge in [-0.3, -0.25) is 14.5 Å². The van der Waals surface area contributed by atoms with Crippen LogP contribution in [0.15, 0.2) is 0 Å². The highest BCUT2D eigenvalue weighted by atomic mass is 32.2. The van der Waals surface area contributed by atoms with E-state index in [9.17, 15) is 18.0 Å². The van der Waals surface area contributed by atoms with Gasteiger partial charge in [0.25, 0.3) is 10.2 Å². The molecule has 3 aliphatic heterocycles. The van der Waals surface area contributed by atoms with Gasteiger partial charge in [-0.05, 0) is 26.3 Å². The Kier molecular flexibility index (Phi) is 7.64. The average molecular weight is 459 g/mol. The van der Waals surface area contributed by atoms with E-state index in [1.165, 1.54) is 9.21 Å². The summed E-state index contributed by atoms with van der Waals surface area (Å²) in [5.74, 6) is -0.925. The molecule has 3 aliphatic rings. The number of likely N-dealkylation sites (N-methyl/N-ethyl adjacent to an activating group) is 2. The molecule has 0 aliphatic carbocycles. The van der Waals surface area contributed by atoms with E-state index in [0.717, 1.165) is 0 Å². The Balaban J connectivity index is 1.55. The normalized spacial score (nSPS) is 29.5. The van der Waals surface area contributed by atoms with Gasteiger partial charge in [0.2, 0.25) is 0 Å². The third kappa shape index (κ3) is 5.76. The van der Waals surface area contributed by atoms with Crippen molar-refractivity contribution in [2.24, 2.45) is 11.7 Å². The van der Waals surface area contributed by atoms with Gasteiger partial charge in [0.05, 0.1) is 19.1 Å². The van der Waals surface area contributed by atoms with Crippen LogP contribution in [-0.2, 0) is 29.1 Å². The molecule has 0 unspecified atom stereocenters. The molecule has 0 amide bonds. The standard InChI is InChI=1S/C18H34BN5O6S/c1-4-24(15-8-21-9-15)31(27,28)23-10-14(18(2,20)13-23)6-5-7-19-29-16(25)11-22(3)12-17(26)30-19/h14-15,21H,4-13,20H2,1-3H3/t14-,18-/m0/s1. The molecule has 3 fully saturated rings. The Morgan fingerprint density at radius 1 is 1.26 bits per heavy atom. The Hall–Kier alpha value is -1.25. The fourth-order valence-corrected chi connectivity index (χ4v) is 6.36. The van der Waals surface area contributed by atoms with Crippen molar-refractivity contribution in [3.63, 3.8) is 0 Å². The maximum absolute atomic E-state index is 13.2. The maximum Gasteiger partial charge on any atom is 0.598 e. The van der Waals surface area contributed by atoms with Gasteiger partial charge >= 0.3 is 19.1 Å². The van der Waals surface area contributed by atoms with Crippen LogP contribution in [0.3, 0.4) is 0 Å². The minimum absolute atomic E-state index is 0.0131. The molecule has 2 atom stereocenters. The Bertz CT molecular complexity index is 757. The summed E-state index contributed by atoms with van der Waals surface area (Å²) in [7, 11) is -2.86. The van der Waals surface area contributed by atoms with E-state index >= 15 is 0 Å². The SMILES string of the molecule is CCN(C1CNC1)S(=O)(=O)N1C[C@H](CCCB2OC(=O)CN(C)CC(=O)O2)[C@@](C)(N)C1. The summed E-state index contributed by atoms with van der Waals surface area (Å²) in [6.45, 7) is 6.15. The van der Waals surface area contributed by atoms with Gasteiger partial charge < -0.3 is 20.4 Å². The number of nitrogens with zero attached hydrogens (tertiary/aromatic N) is 3. The highest BCUT2D eigenvalue weighted by Gasteiger charge is 2.47. The van der Waals surface area contributed by atoms with Crippen LogP contribution in [0.5, 0.6) is 0 Å². The van der Waals surface area contributed by atoms with Crippen molar-refractivity contribution < 1.29 is 27.3 Å². The quantitative estimate of drug-likeness (QED) is 0.415. The Morgan fingerprint density at radius 2 is 1.87 bits per heavy atom. The van der Waals surface area contributed by atoms with E-state index in [1.54, 1.807) is 11.4 Å². The van der Waals surface area contributed by atoms with Gasteiger partial charge in [-0.1, -0.05) is 13.3 Å². The van der Waals surface area contributed by atoms with Crippen LogP contribution in [-0.4, -0.2) is 105 Å². The van der Waals surface area contributed by atoms with Crippen molar-refractivity contribution in [3.8, 4) is 0 Å². The summed E-state index contributed by atoms with van der Waals surface area (Å²) in [5.41, 5.74) is 5.82. The van der Waals surface area contributed by atoms with Gasteiger partial charge in [-0.25, -0.2) is 0 Å². The number of nitrogens with two attached hydrogens (primary N) is 1. The lowest BCUT2D eigenvalue weighted by Crippen LogP contribution is -2.61. The molecule has 13 heteroatoms. The van der Waals surface area contributed by atoms with Gasteiger partial charge in [-0.2, -0.15) is 17.0 Å². The molecule has 0 radical (unpaired) electrons. The average Bonchev–Trinajstić information content (AvgIpc) is 2.91. The summed E-state index contributed by atoms with van der Waals surface area (Å²) >= 11 is 0. The van der Waals surface area contributed by atoms with E-state index in [-0.39, 0.29) is 31.6 Å². The molecular formula is C18H34BN5O6S. The maximum atomic E-state index is 13.2. The molecule has 0 bridgehead atoms. The minimum Gasteiger partial charge on any atom is -0.498 e. The van der Waals surface area contributed by atoms with E-state index in [4.69, 9.17) is 15.0 Å². The Morgan fingerprint density at radius 3 is 2.39 bits per heavy atom. The highest BCUT2D eigenvalue weighted by Crippen LogP contribution is 2.33. The molecule has 0 saturated carbocycles. The molecule has 0 spiro atoms. The van der Waals surface area contributed by atoms with Crippen molar-refractivity contribution >= 4 is 29.3 Å². The van der Waals surface area contributed by atoms with Crippen molar-refractivity contribution in [2.45, 2.75) is 44.6 Å². The molecule has 3 heterocycles. The lowest BCUT2D eigenvalue weighted by atomic mass is 9.78. The second-order valence-corrected chi connectivity index (χ2v) is 10.9. The van der Waals surface area contributed by atoms with Crippen LogP contribution >= 0.6 is 0 Å². The zero-order valence-corrected chi connectivity index (χ0v) is 19.4. The molecule has 176 valence electrons. The van der Waals surface area contributed by atoms with Crippen molar-refractivity contribution in [1.82, 2.24) is 18.8 Å². The molecule has 31 heavy (non-hydrogen) atoms. The second-order valence-electron chi connectivity index (χ2n) is 9.03. The summed E-state index contributed by atoms with van der Waals surface area (Å²) in [5, 5.41) is 3.12. The second kappa shape index (κ2) is 9.71. The lowest BCUT2D eigenvalue weighted by Gasteiger charge is -2.38. The summed E-state index contributed by atoms with van der Waals surface area (Å²) in [4.78, 5) is 25.3. The van der Waals surface area contributed by atoms with Crippen LogP contribution in [0.1, 0.15) is 26.7 Å². The van der Waals surface area contributed by atoms with E-state index < -0.39 is 34.8 Å². The van der Waals surface area contributed by atoms with Crippen LogP contribution in [0, 0.1) is 5.92 Å². The Labute approximate surface area is 184 Å². The molecule has 0 aromatic heterocycles. The molecule has 3 rings (SSSR count). The molecule has 0 aromatic rings. The largest absolute Gasteiger partial charge is 0.598 e. The lowest BCUT2D eigenvalue weighted by molar-refractivity contribution is -0.145. The molecule has 11 nitrogen and oxygen atoms in total. The van der Waals surface area contributed by atoms with Crippen LogP contribution in [0.25, 0.3) is 0 Å². The van der Waals surface area contributed by atoms with E-state index in [1.807, 2.05) is 13.8 Å². The van der Waals surface area contributed by atoms with E-state index in [2.05, 4.69) is 5.32 Å². The number of carbonyl (C=O) groups excluding carboxylic acids is 2. The van der Waals surface area contributed by atoms with Crippen molar-refractivity contribution in [1.29, 1.82) is 0 Å². The van der Waals surface area contributed by atoms with Gasteiger partial charge in [0.1, 0.15) is 0 Å². The highest BCUT2D eigenvalue weighted by molar-refractivity contribution is 7.86.